The number of ether oxygens (including phenoxy) is 2. The molecule has 34 heavy (non-hydrogen) atoms. The number of hydrazone groups is 1. The van der Waals surface area contributed by atoms with Crippen molar-refractivity contribution < 1.29 is 19.1 Å². The molecular formula is C28H24N2O4. The first-order valence-electron chi connectivity index (χ1n) is 11.5. The van der Waals surface area contributed by atoms with Crippen molar-refractivity contribution >= 4 is 28.8 Å². The van der Waals surface area contributed by atoms with Crippen LogP contribution in [0.2, 0.25) is 0 Å². The van der Waals surface area contributed by atoms with Crippen molar-refractivity contribution in [1.29, 1.82) is 0 Å². The first kappa shape index (κ1) is 20.7. The van der Waals surface area contributed by atoms with Gasteiger partial charge in [0.05, 0.1) is 25.2 Å². The molecule has 2 bridgehead atoms. The maximum Gasteiger partial charge on any atom is 0.254 e. The molecule has 3 aliphatic rings. The lowest BCUT2D eigenvalue weighted by Crippen LogP contribution is -2.28. The minimum absolute atomic E-state index is 0.171. The zero-order chi connectivity index (χ0) is 23.2. The van der Waals surface area contributed by atoms with E-state index in [0.29, 0.717) is 23.7 Å². The zero-order valence-electron chi connectivity index (χ0n) is 18.8. The summed E-state index contributed by atoms with van der Waals surface area (Å²) in [6.07, 6.45) is 6.59. The van der Waals surface area contributed by atoms with Crippen molar-refractivity contribution in [1.82, 2.24) is 5.01 Å². The van der Waals surface area contributed by atoms with Crippen LogP contribution in [0.3, 0.4) is 0 Å². The van der Waals surface area contributed by atoms with Crippen LogP contribution in [0.15, 0.2) is 77.9 Å². The van der Waals surface area contributed by atoms with Gasteiger partial charge in [-0.1, -0.05) is 54.6 Å². The standard InChI is InChI=1S/C28H24N2O4/c1-33-24-13-17(15-29-30-27(31)25-19-10-11-20(14-19)26(25)28(30)32)9-12-23(24)34-16-21-7-4-6-18-5-2-3-8-22(18)21/h2-13,15,19-20,25-26H,14,16H2,1H3/b29-15-/t19-,20-,25-,26+/m0/s1. The zero-order valence-corrected chi connectivity index (χ0v) is 18.8. The minimum Gasteiger partial charge on any atom is -0.493 e. The van der Waals surface area contributed by atoms with Gasteiger partial charge in [-0.15, -0.1) is 0 Å². The van der Waals surface area contributed by atoms with E-state index in [1.165, 1.54) is 11.6 Å². The Morgan fingerprint density at radius 2 is 1.68 bits per heavy atom. The molecule has 6 nitrogen and oxygen atoms in total. The van der Waals surface area contributed by atoms with Gasteiger partial charge in [0.1, 0.15) is 6.61 Å². The van der Waals surface area contributed by atoms with E-state index < -0.39 is 0 Å². The molecule has 1 heterocycles. The number of nitrogens with zero attached hydrogens (tertiary/aromatic N) is 2. The van der Waals surface area contributed by atoms with Gasteiger partial charge in [0.25, 0.3) is 11.8 Å². The van der Waals surface area contributed by atoms with Gasteiger partial charge >= 0.3 is 0 Å². The van der Waals surface area contributed by atoms with Crippen LogP contribution in [-0.4, -0.2) is 30.1 Å². The lowest BCUT2D eigenvalue weighted by atomic mass is 9.85. The molecule has 6 rings (SSSR count). The predicted molar refractivity (Wildman–Crippen MR) is 128 cm³/mol. The normalized spacial score (nSPS) is 25.0. The fourth-order valence-electron chi connectivity index (χ4n) is 5.58. The second kappa shape index (κ2) is 8.13. The predicted octanol–water partition coefficient (Wildman–Crippen LogP) is 4.57. The van der Waals surface area contributed by atoms with E-state index in [2.05, 4.69) is 41.5 Å². The van der Waals surface area contributed by atoms with Crippen LogP contribution >= 0.6 is 0 Å². The number of carbonyl (C=O) groups excluding carboxylic acids is 2. The Morgan fingerprint density at radius 1 is 0.941 bits per heavy atom. The molecule has 1 aliphatic heterocycles. The van der Waals surface area contributed by atoms with Crippen LogP contribution in [0.4, 0.5) is 0 Å². The van der Waals surface area contributed by atoms with E-state index >= 15 is 0 Å². The summed E-state index contributed by atoms with van der Waals surface area (Å²) in [6.45, 7) is 0.404. The van der Waals surface area contributed by atoms with E-state index in [0.717, 1.165) is 22.4 Å². The maximum atomic E-state index is 12.8. The lowest BCUT2D eigenvalue weighted by molar-refractivity contribution is -0.140. The summed E-state index contributed by atoms with van der Waals surface area (Å²) in [7, 11) is 1.58. The number of fused-ring (bicyclic) bond motifs is 6. The third kappa shape index (κ3) is 3.29. The Morgan fingerprint density at radius 3 is 2.44 bits per heavy atom. The van der Waals surface area contributed by atoms with Gasteiger partial charge in [-0.3, -0.25) is 9.59 Å². The van der Waals surface area contributed by atoms with E-state index in [4.69, 9.17) is 9.47 Å². The molecule has 0 unspecified atom stereocenters. The molecule has 6 heteroatoms. The topological polar surface area (TPSA) is 68.2 Å². The molecule has 1 saturated heterocycles. The number of carbonyl (C=O) groups is 2. The smallest absolute Gasteiger partial charge is 0.254 e. The third-order valence-electron chi connectivity index (χ3n) is 7.22. The van der Waals surface area contributed by atoms with Gasteiger partial charge in [-0.2, -0.15) is 10.1 Å². The minimum atomic E-state index is -0.251. The number of benzene rings is 3. The molecule has 3 aromatic rings. The Bertz CT molecular complexity index is 1330. The van der Waals surface area contributed by atoms with Crippen molar-refractivity contribution in [3.8, 4) is 11.5 Å². The number of methoxy groups -OCH3 is 1. The number of hydrogen-bond acceptors (Lipinski definition) is 5. The first-order chi connectivity index (χ1) is 16.6. The van der Waals surface area contributed by atoms with Crippen molar-refractivity contribution in [3.63, 3.8) is 0 Å². The summed E-state index contributed by atoms with van der Waals surface area (Å²) in [4.78, 5) is 25.6. The highest BCUT2D eigenvalue weighted by molar-refractivity contribution is 6.06. The SMILES string of the molecule is COc1cc(/C=N\N2C(=O)[C@@H]3[C@H](C2=O)[C@H]2C=C[C@H]3C2)ccc1OCc1cccc2ccccc12. The molecule has 0 radical (unpaired) electrons. The molecule has 170 valence electrons. The highest BCUT2D eigenvalue weighted by Gasteiger charge is 2.59. The van der Waals surface area contributed by atoms with Gasteiger partial charge in [-0.25, -0.2) is 0 Å². The molecule has 3 aromatic carbocycles. The second-order valence-electron chi connectivity index (χ2n) is 9.07. The second-order valence-corrected chi connectivity index (χ2v) is 9.07. The lowest BCUT2D eigenvalue weighted by Gasteiger charge is -2.13. The molecule has 2 amide bonds. The quantitative estimate of drug-likeness (QED) is 0.312. The molecule has 2 aliphatic carbocycles. The molecule has 0 aromatic heterocycles. The highest BCUT2D eigenvalue weighted by Crippen LogP contribution is 2.52. The number of amides is 2. The number of imide groups is 1. The van der Waals surface area contributed by atoms with Crippen molar-refractivity contribution in [2.45, 2.75) is 13.0 Å². The highest BCUT2D eigenvalue weighted by atomic mass is 16.5. The van der Waals surface area contributed by atoms with E-state index in [1.807, 2.05) is 30.3 Å². The molecule has 1 saturated carbocycles. The first-order valence-corrected chi connectivity index (χ1v) is 11.5. The summed E-state index contributed by atoms with van der Waals surface area (Å²) in [5.41, 5.74) is 1.80. The summed E-state index contributed by atoms with van der Waals surface area (Å²) in [5, 5.41) is 7.63. The monoisotopic (exact) mass is 452 g/mol. The van der Waals surface area contributed by atoms with Gasteiger partial charge < -0.3 is 9.47 Å². The molecule has 2 fully saturated rings. The number of hydrogen-bond donors (Lipinski definition) is 0. The summed E-state index contributed by atoms with van der Waals surface area (Å²) >= 11 is 0. The Hall–Kier alpha value is -3.93. The third-order valence-corrected chi connectivity index (χ3v) is 7.22. The van der Waals surface area contributed by atoms with Crippen molar-refractivity contribution in [2.24, 2.45) is 28.8 Å². The maximum absolute atomic E-state index is 12.8. The fourth-order valence-corrected chi connectivity index (χ4v) is 5.58. The summed E-state index contributed by atoms with van der Waals surface area (Å²) < 4.78 is 11.6. The van der Waals surface area contributed by atoms with Crippen LogP contribution in [0.1, 0.15) is 17.5 Å². The Labute approximate surface area is 197 Å². The average molecular weight is 453 g/mol. The molecule has 0 spiro atoms. The van der Waals surface area contributed by atoms with E-state index in [9.17, 15) is 9.59 Å². The molecular weight excluding hydrogens is 428 g/mol. The van der Waals surface area contributed by atoms with Gasteiger partial charge in [0, 0.05) is 0 Å². The summed E-state index contributed by atoms with van der Waals surface area (Å²) in [6, 6.07) is 19.8. The van der Waals surface area contributed by atoms with Crippen LogP contribution in [-0.2, 0) is 16.2 Å². The van der Waals surface area contributed by atoms with Crippen LogP contribution < -0.4 is 9.47 Å². The van der Waals surface area contributed by atoms with Crippen molar-refractivity contribution in [3.05, 3.63) is 83.9 Å². The number of allylic oxidation sites excluding steroid dienone is 2. The van der Waals surface area contributed by atoms with E-state index in [1.54, 1.807) is 13.2 Å². The largest absolute Gasteiger partial charge is 0.493 e. The van der Waals surface area contributed by atoms with Crippen LogP contribution in [0, 0.1) is 23.7 Å². The van der Waals surface area contributed by atoms with Crippen LogP contribution in [0.25, 0.3) is 10.8 Å². The Kier molecular flexibility index (Phi) is 4.94. The fraction of sp³-hybridized carbons (Fsp3) is 0.250. The average Bonchev–Trinajstić information content (AvgIpc) is 3.55. The van der Waals surface area contributed by atoms with Gasteiger partial charge in [-0.05, 0) is 58.4 Å². The van der Waals surface area contributed by atoms with Crippen molar-refractivity contribution in [2.75, 3.05) is 7.11 Å². The number of rotatable bonds is 6. The molecule has 4 atom stereocenters. The van der Waals surface area contributed by atoms with E-state index in [-0.39, 0.29) is 35.5 Å². The molecule has 0 N–H and O–H groups in total. The summed E-state index contributed by atoms with van der Waals surface area (Å²) in [5.74, 6) is 0.628. The van der Waals surface area contributed by atoms with Crippen LogP contribution in [0.5, 0.6) is 11.5 Å². The Balaban J connectivity index is 1.18. The van der Waals surface area contributed by atoms with Gasteiger partial charge in [0.2, 0.25) is 0 Å². The van der Waals surface area contributed by atoms with Gasteiger partial charge in [0.15, 0.2) is 11.5 Å².